The van der Waals surface area contributed by atoms with Crippen LogP contribution in [0.15, 0.2) is 42.7 Å². The molecule has 5 heteroatoms. The van der Waals surface area contributed by atoms with Crippen LogP contribution >= 0.6 is 23.2 Å². The number of halogens is 2. The number of rotatable bonds is 3. The van der Waals surface area contributed by atoms with E-state index in [9.17, 15) is 4.79 Å². The summed E-state index contributed by atoms with van der Waals surface area (Å²) in [7, 11) is 0. The Balaban J connectivity index is 1.78. The normalized spacial score (nSPS) is 17.7. The van der Waals surface area contributed by atoms with E-state index in [0.29, 0.717) is 10.0 Å². The lowest BCUT2D eigenvalue weighted by atomic mass is 10.0. The van der Waals surface area contributed by atoms with Gasteiger partial charge < -0.3 is 4.90 Å². The third kappa shape index (κ3) is 3.26. The van der Waals surface area contributed by atoms with Crippen molar-refractivity contribution in [3.05, 3.63) is 63.9 Å². The van der Waals surface area contributed by atoms with Crippen molar-refractivity contribution in [1.82, 2.24) is 9.88 Å². The van der Waals surface area contributed by atoms with E-state index in [1.807, 2.05) is 29.2 Å². The van der Waals surface area contributed by atoms with Gasteiger partial charge in [0.15, 0.2) is 0 Å². The van der Waals surface area contributed by atoms with Crippen LogP contribution in [0.5, 0.6) is 0 Å². The van der Waals surface area contributed by atoms with Crippen molar-refractivity contribution < 1.29 is 4.79 Å². The molecule has 1 atom stereocenters. The first kappa shape index (κ1) is 15.3. The van der Waals surface area contributed by atoms with Crippen molar-refractivity contribution in [3.63, 3.8) is 0 Å². The van der Waals surface area contributed by atoms with Crippen LogP contribution in [0.2, 0.25) is 10.0 Å². The summed E-state index contributed by atoms with van der Waals surface area (Å²) in [5.41, 5.74) is 1.86. The Hall–Kier alpha value is -1.58. The second kappa shape index (κ2) is 6.67. The topological polar surface area (TPSA) is 33.2 Å². The van der Waals surface area contributed by atoms with Crippen LogP contribution in [0.4, 0.5) is 0 Å². The number of hydrogen-bond acceptors (Lipinski definition) is 2. The van der Waals surface area contributed by atoms with Crippen molar-refractivity contribution in [3.8, 4) is 0 Å². The van der Waals surface area contributed by atoms with Crippen LogP contribution in [-0.4, -0.2) is 22.3 Å². The zero-order chi connectivity index (χ0) is 15.5. The molecule has 2 aromatic rings. The highest BCUT2D eigenvalue weighted by Crippen LogP contribution is 2.33. The molecule has 1 aromatic carbocycles. The molecule has 22 heavy (non-hydrogen) atoms. The molecule has 1 aliphatic rings. The Morgan fingerprint density at radius 2 is 2.18 bits per heavy atom. The summed E-state index contributed by atoms with van der Waals surface area (Å²) in [5.74, 6) is 0.0809. The maximum Gasteiger partial charge on any atom is 0.227 e. The Labute approximate surface area is 139 Å². The first-order valence-corrected chi connectivity index (χ1v) is 8.04. The number of pyridine rings is 1. The van der Waals surface area contributed by atoms with E-state index in [4.69, 9.17) is 23.2 Å². The highest BCUT2D eigenvalue weighted by molar-refractivity contribution is 6.31. The second-order valence-corrected chi connectivity index (χ2v) is 6.29. The van der Waals surface area contributed by atoms with Gasteiger partial charge in [-0.25, -0.2) is 0 Å². The number of hydrogen-bond donors (Lipinski definition) is 0. The lowest BCUT2D eigenvalue weighted by molar-refractivity contribution is -0.131. The minimum absolute atomic E-state index is 0.0809. The molecule has 3 rings (SSSR count). The average Bonchev–Trinajstić information content (AvgIpc) is 2.99. The van der Waals surface area contributed by atoms with Crippen molar-refractivity contribution in [2.45, 2.75) is 25.3 Å². The molecule has 0 N–H and O–H groups in total. The lowest BCUT2D eigenvalue weighted by Crippen LogP contribution is -2.31. The highest BCUT2D eigenvalue weighted by atomic mass is 35.5. The molecule has 0 saturated carbocycles. The maximum absolute atomic E-state index is 12.6. The van der Waals surface area contributed by atoms with Crippen molar-refractivity contribution >= 4 is 29.1 Å². The van der Waals surface area contributed by atoms with E-state index in [1.165, 1.54) is 0 Å². The highest BCUT2D eigenvalue weighted by Gasteiger charge is 2.30. The Kier molecular flexibility index (Phi) is 4.65. The van der Waals surface area contributed by atoms with Gasteiger partial charge in [-0.2, -0.15) is 0 Å². The van der Waals surface area contributed by atoms with Crippen molar-refractivity contribution in [1.29, 1.82) is 0 Å². The van der Waals surface area contributed by atoms with Gasteiger partial charge >= 0.3 is 0 Å². The molecule has 0 spiro atoms. The van der Waals surface area contributed by atoms with Crippen LogP contribution in [0, 0.1) is 0 Å². The Morgan fingerprint density at radius 1 is 1.32 bits per heavy atom. The van der Waals surface area contributed by atoms with Gasteiger partial charge in [0.25, 0.3) is 0 Å². The molecule has 1 aromatic heterocycles. The van der Waals surface area contributed by atoms with E-state index >= 15 is 0 Å². The molecule has 3 nitrogen and oxygen atoms in total. The van der Waals surface area contributed by atoms with Gasteiger partial charge in [-0.05, 0) is 42.2 Å². The summed E-state index contributed by atoms with van der Waals surface area (Å²) in [4.78, 5) is 18.6. The fourth-order valence-electron chi connectivity index (χ4n) is 2.93. The quantitative estimate of drug-likeness (QED) is 0.838. The van der Waals surface area contributed by atoms with Gasteiger partial charge in [0, 0.05) is 29.0 Å². The summed E-state index contributed by atoms with van der Waals surface area (Å²) >= 11 is 12.2. The number of likely N-dealkylation sites (tertiary alicyclic amines) is 1. The second-order valence-electron chi connectivity index (χ2n) is 5.44. The Morgan fingerprint density at radius 3 is 2.95 bits per heavy atom. The predicted molar refractivity (Wildman–Crippen MR) is 88.1 cm³/mol. The van der Waals surface area contributed by atoms with Gasteiger partial charge in [0.2, 0.25) is 5.91 Å². The molecule has 0 aliphatic carbocycles. The summed E-state index contributed by atoms with van der Waals surface area (Å²) in [6, 6.07) is 9.55. The van der Waals surface area contributed by atoms with Crippen LogP contribution in [0.3, 0.4) is 0 Å². The largest absolute Gasteiger partial charge is 0.335 e. The van der Waals surface area contributed by atoms with Gasteiger partial charge in [-0.1, -0.05) is 35.3 Å². The van der Waals surface area contributed by atoms with Crippen LogP contribution in [0.25, 0.3) is 0 Å². The van der Waals surface area contributed by atoms with E-state index in [2.05, 4.69) is 4.98 Å². The fraction of sp³-hybridized carbons (Fsp3) is 0.294. The number of nitrogens with zero attached hydrogens (tertiary/aromatic N) is 2. The Bertz CT molecular complexity index is 690. The standard InChI is InChI=1S/C17H16Cl2N2O/c18-14-4-1-3-12(9-14)16-5-2-8-21(16)17(22)10-13-11-20-7-6-15(13)19/h1,3-4,6-7,9,11,16H,2,5,8,10H2. The zero-order valence-corrected chi connectivity index (χ0v) is 13.5. The summed E-state index contributed by atoms with van der Waals surface area (Å²) in [6.07, 6.45) is 5.53. The average molecular weight is 335 g/mol. The number of aromatic nitrogens is 1. The van der Waals surface area contributed by atoms with Gasteiger partial charge in [0.05, 0.1) is 12.5 Å². The molecule has 1 aliphatic heterocycles. The monoisotopic (exact) mass is 334 g/mol. The van der Waals surface area contributed by atoms with E-state index in [1.54, 1.807) is 18.5 Å². The van der Waals surface area contributed by atoms with E-state index < -0.39 is 0 Å². The minimum Gasteiger partial charge on any atom is -0.335 e. The predicted octanol–water partition coefficient (Wildman–Crippen LogP) is 4.29. The smallest absolute Gasteiger partial charge is 0.227 e. The molecule has 2 heterocycles. The summed E-state index contributed by atoms with van der Waals surface area (Å²) in [5, 5.41) is 1.29. The molecule has 0 radical (unpaired) electrons. The molecule has 1 fully saturated rings. The summed E-state index contributed by atoms with van der Waals surface area (Å²) < 4.78 is 0. The van der Waals surface area contributed by atoms with Crippen LogP contribution < -0.4 is 0 Å². The number of carbonyl (C=O) groups is 1. The number of amides is 1. The molecule has 1 amide bonds. The first-order chi connectivity index (χ1) is 10.6. The fourth-order valence-corrected chi connectivity index (χ4v) is 3.30. The molecular formula is C17H16Cl2N2O. The molecule has 0 bridgehead atoms. The molecule has 1 unspecified atom stereocenters. The lowest BCUT2D eigenvalue weighted by Gasteiger charge is -2.25. The maximum atomic E-state index is 12.6. The van der Waals surface area contributed by atoms with Gasteiger partial charge in [0.1, 0.15) is 0 Å². The van der Waals surface area contributed by atoms with E-state index in [0.717, 1.165) is 30.5 Å². The van der Waals surface area contributed by atoms with Gasteiger partial charge in [-0.3, -0.25) is 9.78 Å². The van der Waals surface area contributed by atoms with Crippen LogP contribution in [-0.2, 0) is 11.2 Å². The third-order valence-corrected chi connectivity index (χ3v) is 4.60. The van der Waals surface area contributed by atoms with Crippen molar-refractivity contribution in [2.24, 2.45) is 0 Å². The number of carbonyl (C=O) groups excluding carboxylic acids is 1. The van der Waals surface area contributed by atoms with Gasteiger partial charge in [-0.15, -0.1) is 0 Å². The van der Waals surface area contributed by atoms with Crippen molar-refractivity contribution in [2.75, 3.05) is 6.54 Å². The summed E-state index contributed by atoms with van der Waals surface area (Å²) in [6.45, 7) is 0.772. The molecule has 1 saturated heterocycles. The van der Waals surface area contributed by atoms with Crippen LogP contribution in [0.1, 0.15) is 30.0 Å². The number of benzene rings is 1. The molecule has 114 valence electrons. The zero-order valence-electron chi connectivity index (χ0n) is 12.0. The minimum atomic E-state index is 0.0809. The van der Waals surface area contributed by atoms with E-state index in [-0.39, 0.29) is 18.4 Å². The molecular weight excluding hydrogens is 319 g/mol. The first-order valence-electron chi connectivity index (χ1n) is 7.28. The SMILES string of the molecule is O=C(Cc1cnccc1Cl)N1CCCC1c1cccc(Cl)c1. The third-order valence-electron chi connectivity index (χ3n) is 3.99.